The molecule has 22 heavy (non-hydrogen) atoms. The molecule has 1 saturated carbocycles. The maximum absolute atomic E-state index is 10.9. The molecule has 3 atom stereocenters. The van der Waals surface area contributed by atoms with Gasteiger partial charge >= 0.3 is 0 Å². The molecule has 3 unspecified atom stereocenters. The van der Waals surface area contributed by atoms with Gasteiger partial charge < -0.3 is 4.55 Å². The average Bonchev–Trinajstić information content (AvgIpc) is 2.88. The van der Waals surface area contributed by atoms with Crippen LogP contribution in [0.5, 0.6) is 0 Å². The van der Waals surface area contributed by atoms with E-state index in [0.29, 0.717) is 5.92 Å². The normalized spacial score (nSPS) is 23.6. The summed E-state index contributed by atoms with van der Waals surface area (Å²) in [5.41, 5.74) is 1.11. The molecule has 124 valence electrons. The fourth-order valence-corrected chi connectivity index (χ4v) is 4.07. The summed E-state index contributed by atoms with van der Waals surface area (Å²) in [6.45, 7) is 4.52. The molecule has 0 bridgehead atoms. The summed E-state index contributed by atoms with van der Waals surface area (Å²) < 4.78 is 32.8. The summed E-state index contributed by atoms with van der Waals surface area (Å²) in [5, 5.41) is 0. The zero-order valence-corrected chi connectivity index (χ0v) is 14.4. The van der Waals surface area contributed by atoms with Crippen molar-refractivity contribution in [1.82, 2.24) is 0 Å². The van der Waals surface area contributed by atoms with E-state index in [1.54, 1.807) is 12.1 Å². The first kappa shape index (κ1) is 17.5. The highest BCUT2D eigenvalue weighted by Crippen LogP contribution is 2.34. The second-order valence-electron chi connectivity index (χ2n) is 6.99. The van der Waals surface area contributed by atoms with Crippen LogP contribution in [-0.2, 0) is 10.1 Å². The highest BCUT2D eigenvalue weighted by atomic mass is 32.2. The predicted octanol–water partition coefficient (Wildman–Crippen LogP) is 4.69. The Bertz CT molecular complexity index is 562. The third kappa shape index (κ3) is 5.10. The van der Waals surface area contributed by atoms with E-state index in [2.05, 4.69) is 13.8 Å². The summed E-state index contributed by atoms with van der Waals surface area (Å²) in [5.74, 6) is 2.26. The number of unbranched alkanes of at least 4 members (excludes halogenated alkanes) is 1. The van der Waals surface area contributed by atoms with Crippen LogP contribution < -0.4 is 0 Å². The zero-order chi connectivity index (χ0) is 16.2. The molecule has 0 spiro atoms. The lowest BCUT2D eigenvalue weighted by molar-refractivity contribution is 0.445. The van der Waals surface area contributed by atoms with Crippen LogP contribution in [0.15, 0.2) is 29.2 Å². The van der Waals surface area contributed by atoms with Gasteiger partial charge in [0.15, 0.2) is 0 Å². The fraction of sp³-hybridized carbons (Fsp3) is 0.667. The Hall–Kier alpha value is -0.870. The summed E-state index contributed by atoms with van der Waals surface area (Å²) in [7, 11) is -4.33. The van der Waals surface area contributed by atoms with E-state index in [1.807, 2.05) is 0 Å². The van der Waals surface area contributed by atoms with Crippen molar-refractivity contribution in [3.8, 4) is 0 Å². The van der Waals surface area contributed by atoms with E-state index in [-0.39, 0.29) is 4.90 Å². The first-order valence-corrected chi connectivity index (χ1v) is 9.83. The Balaban J connectivity index is 1.74. The van der Waals surface area contributed by atoms with Crippen molar-refractivity contribution in [1.29, 1.82) is 0 Å². The molecule has 1 aliphatic carbocycles. The summed E-state index contributed by atoms with van der Waals surface area (Å²) in [6, 6.07) is 6.39. The molecule has 0 aromatic heterocycles. The van der Waals surface area contributed by atoms with Gasteiger partial charge in [0.25, 0.3) is 0 Å². The third-order valence-corrected chi connectivity index (χ3v) is 5.89. The number of rotatable bonds is 7. The van der Waals surface area contributed by atoms with Crippen LogP contribution in [0.1, 0.15) is 70.3 Å². The van der Waals surface area contributed by atoms with E-state index < -0.39 is 10.1 Å². The lowest BCUT2D eigenvalue weighted by atomic mass is 9.93. The first-order valence-electron chi connectivity index (χ1n) is 8.42. The number of hydrogen-bond acceptors (Lipinski definition) is 3. The van der Waals surface area contributed by atoms with Crippen molar-refractivity contribution in [2.45, 2.75) is 69.6 Å². The maximum atomic E-state index is 10.9. The Kier molecular flexibility index (Phi) is 6.04. The largest absolute Gasteiger partial charge is 0.744 e. The molecule has 4 heteroatoms. The molecule has 1 fully saturated rings. The van der Waals surface area contributed by atoms with Gasteiger partial charge in [-0.25, -0.2) is 8.42 Å². The predicted molar refractivity (Wildman–Crippen MR) is 87.8 cm³/mol. The molecular weight excluding hydrogens is 296 g/mol. The summed E-state index contributed by atoms with van der Waals surface area (Å²) >= 11 is 0. The van der Waals surface area contributed by atoms with Crippen LogP contribution in [0.3, 0.4) is 0 Å². The van der Waals surface area contributed by atoms with Crippen LogP contribution >= 0.6 is 0 Å². The zero-order valence-electron chi connectivity index (χ0n) is 13.6. The van der Waals surface area contributed by atoms with Crippen LogP contribution in [0.2, 0.25) is 0 Å². The highest BCUT2D eigenvalue weighted by molar-refractivity contribution is 7.85. The SMILES string of the molecule is CC1CCC(CCCCC(C)c2ccc(S(=O)(=O)[O-])cc2)C1. The van der Waals surface area contributed by atoms with Crippen LogP contribution in [-0.4, -0.2) is 13.0 Å². The van der Waals surface area contributed by atoms with Crippen molar-refractivity contribution in [3.63, 3.8) is 0 Å². The molecule has 0 amide bonds. The Labute approximate surface area is 134 Å². The molecule has 1 aliphatic rings. The fourth-order valence-electron chi connectivity index (χ4n) is 3.60. The smallest absolute Gasteiger partial charge is 0.124 e. The van der Waals surface area contributed by atoms with Crippen molar-refractivity contribution in [2.75, 3.05) is 0 Å². The molecule has 0 radical (unpaired) electrons. The van der Waals surface area contributed by atoms with Crippen LogP contribution in [0.25, 0.3) is 0 Å². The van der Waals surface area contributed by atoms with E-state index in [4.69, 9.17) is 0 Å². The lowest BCUT2D eigenvalue weighted by Crippen LogP contribution is -2.00. The number of benzene rings is 1. The molecule has 0 heterocycles. The molecule has 0 N–H and O–H groups in total. The maximum Gasteiger partial charge on any atom is 0.124 e. The molecule has 1 aromatic rings. The minimum absolute atomic E-state index is 0.140. The lowest BCUT2D eigenvalue weighted by Gasteiger charge is -2.14. The van der Waals surface area contributed by atoms with Crippen LogP contribution in [0.4, 0.5) is 0 Å². The van der Waals surface area contributed by atoms with Gasteiger partial charge in [-0.1, -0.05) is 58.1 Å². The number of hydrogen-bond donors (Lipinski definition) is 0. The van der Waals surface area contributed by atoms with Gasteiger partial charge in [0.1, 0.15) is 10.1 Å². The molecule has 1 aromatic carbocycles. The van der Waals surface area contributed by atoms with Gasteiger partial charge in [0, 0.05) is 0 Å². The van der Waals surface area contributed by atoms with Gasteiger partial charge in [-0.3, -0.25) is 0 Å². The Morgan fingerprint density at radius 1 is 1.18 bits per heavy atom. The second kappa shape index (κ2) is 7.60. The standard InChI is InChI=1S/C18H28O3S/c1-14-7-8-16(13-14)6-4-3-5-15(2)17-9-11-18(12-10-17)22(19,20)21/h9-12,14-16H,3-8,13H2,1-2H3,(H,19,20,21)/p-1. The highest BCUT2D eigenvalue weighted by Gasteiger charge is 2.20. The van der Waals surface area contributed by atoms with Gasteiger partial charge in [-0.15, -0.1) is 0 Å². The van der Waals surface area contributed by atoms with Crippen molar-refractivity contribution in [2.24, 2.45) is 11.8 Å². The van der Waals surface area contributed by atoms with Crippen LogP contribution in [0, 0.1) is 11.8 Å². The van der Waals surface area contributed by atoms with Crippen molar-refractivity contribution in [3.05, 3.63) is 29.8 Å². The molecular formula is C18H27O3S-. The first-order chi connectivity index (χ1) is 10.4. The molecule has 3 nitrogen and oxygen atoms in total. The minimum atomic E-state index is -4.33. The van der Waals surface area contributed by atoms with Gasteiger partial charge in [0.2, 0.25) is 0 Å². The van der Waals surface area contributed by atoms with Gasteiger partial charge in [-0.2, -0.15) is 0 Å². The summed E-state index contributed by atoms with van der Waals surface area (Å²) in [6.07, 6.45) is 9.18. The monoisotopic (exact) mass is 323 g/mol. The molecule has 0 aliphatic heterocycles. The Morgan fingerprint density at radius 3 is 2.41 bits per heavy atom. The third-order valence-electron chi connectivity index (χ3n) is 5.04. The molecule has 0 saturated heterocycles. The van der Waals surface area contributed by atoms with Crippen molar-refractivity contribution < 1.29 is 13.0 Å². The quantitative estimate of drug-likeness (QED) is 0.540. The Morgan fingerprint density at radius 2 is 1.86 bits per heavy atom. The van der Waals surface area contributed by atoms with Gasteiger partial charge in [-0.05, 0) is 48.3 Å². The topological polar surface area (TPSA) is 57.2 Å². The van der Waals surface area contributed by atoms with Crippen molar-refractivity contribution >= 4 is 10.1 Å². The van der Waals surface area contributed by atoms with Gasteiger partial charge in [0.05, 0.1) is 4.90 Å². The van der Waals surface area contributed by atoms with E-state index >= 15 is 0 Å². The van der Waals surface area contributed by atoms with E-state index in [0.717, 1.165) is 23.8 Å². The minimum Gasteiger partial charge on any atom is -0.744 e. The summed E-state index contributed by atoms with van der Waals surface area (Å²) in [4.78, 5) is -0.140. The van der Waals surface area contributed by atoms with E-state index in [9.17, 15) is 13.0 Å². The average molecular weight is 323 g/mol. The van der Waals surface area contributed by atoms with E-state index in [1.165, 1.54) is 50.7 Å². The second-order valence-corrected chi connectivity index (χ2v) is 8.37. The molecule has 2 rings (SSSR count).